The molecule has 2 heterocycles. The summed E-state index contributed by atoms with van der Waals surface area (Å²) in [5.74, 6) is -2.52. The standard InChI is InChI=1S/C23H27N5O3.C2HF3O2/c1-16-7-9-18(10-8-16)19(14-21(29)30)28-15-17(2)22(27-23(28)31)26-13-5-12-25-20-6-3-4-11-24-20;3-2(4,5)1(6)7/h3-4,6-11,15,19H,5,12-14H2,1-2H3,(H,24,25)(H,29,30)(H,26,27,31);(H,6,7). The van der Waals surface area contributed by atoms with E-state index in [-0.39, 0.29) is 6.42 Å². The molecule has 0 fully saturated rings. The Morgan fingerprint density at radius 2 is 1.74 bits per heavy atom. The maximum Gasteiger partial charge on any atom is 0.430 e. The van der Waals surface area contributed by atoms with Gasteiger partial charge in [0.25, 0.3) is 5.82 Å². The highest BCUT2D eigenvalue weighted by Gasteiger charge is 2.28. The molecule has 10 nitrogen and oxygen atoms in total. The van der Waals surface area contributed by atoms with Gasteiger partial charge < -0.3 is 20.3 Å². The van der Waals surface area contributed by atoms with Gasteiger partial charge in [-0.2, -0.15) is 18.2 Å². The monoisotopic (exact) mass is 535 g/mol. The fourth-order valence-electron chi connectivity index (χ4n) is 3.32. The number of carboxylic acids is 2. The molecule has 4 N–H and O–H groups in total. The summed E-state index contributed by atoms with van der Waals surface area (Å²) in [6, 6.07) is 12.7. The first-order chi connectivity index (χ1) is 17.9. The molecule has 204 valence electrons. The highest BCUT2D eigenvalue weighted by Crippen LogP contribution is 2.22. The fourth-order valence-corrected chi connectivity index (χ4v) is 3.32. The number of rotatable bonds is 10. The molecule has 0 saturated heterocycles. The van der Waals surface area contributed by atoms with Crippen molar-refractivity contribution in [1.82, 2.24) is 9.55 Å². The van der Waals surface area contributed by atoms with Crippen LogP contribution in [0.25, 0.3) is 0 Å². The quantitative estimate of drug-likeness (QED) is 0.334. The molecule has 0 aliphatic rings. The lowest BCUT2D eigenvalue weighted by Crippen LogP contribution is -2.37. The van der Waals surface area contributed by atoms with Gasteiger partial charge in [-0.15, -0.1) is 0 Å². The Bertz CT molecular complexity index is 1270. The maximum absolute atomic E-state index is 12.7. The Morgan fingerprint density at radius 1 is 1.11 bits per heavy atom. The second kappa shape index (κ2) is 13.8. The van der Waals surface area contributed by atoms with Crippen molar-refractivity contribution in [3.8, 4) is 0 Å². The number of H-pyrrole nitrogens is 1. The third kappa shape index (κ3) is 9.56. The van der Waals surface area contributed by atoms with Crippen LogP contribution in [0.3, 0.4) is 0 Å². The van der Waals surface area contributed by atoms with Crippen LogP contribution < -0.4 is 26.4 Å². The summed E-state index contributed by atoms with van der Waals surface area (Å²) < 4.78 is 33.0. The molecular weight excluding hydrogens is 507 g/mol. The average molecular weight is 536 g/mol. The molecule has 3 rings (SSSR count). The number of anilines is 2. The van der Waals surface area contributed by atoms with E-state index in [0.29, 0.717) is 12.4 Å². The lowest BCUT2D eigenvalue weighted by molar-refractivity contribution is -0.361. The first-order valence-electron chi connectivity index (χ1n) is 11.5. The smallest absolute Gasteiger partial charge is 0.430 e. The van der Waals surface area contributed by atoms with E-state index in [1.165, 1.54) is 4.57 Å². The molecule has 38 heavy (non-hydrogen) atoms. The van der Waals surface area contributed by atoms with Gasteiger partial charge in [0.15, 0.2) is 0 Å². The SMILES string of the molecule is Cc1ccc(C(CC(=O)O)n2cc(C)c(NCCCNc3cccc[nH+]3)nc2=O)cc1.O=C([O-])C(F)(F)F. The van der Waals surface area contributed by atoms with Crippen LogP contribution in [0.2, 0.25) is 0 Å². The number of benzene rings is 1. The van der Waals surface area contributed by atoms with E-state index >= 15 is 0 Å². The molecule has 2 aromatic heterocycles. The third-order valence-corrected chi connectivity index (χ3v) is 5.20. The largest absolute Gasteiger partial charge is 0.542 e. The van der Waals surface area contributed by atoms with Crippen molar-refractivity contribution in [2.24, 2.45) is 0 Å². The van der Waals surface area contributed by atoms with Crippen molar-refractivity contribution in [1.29, 1.82) is 0 Å². The Balaban J connectivity index is 0.000000638. The van der Waals surface area contributed by atoms with Crippen LogP contribution in [0.5, 0.6) is 0 Å². The first kappa shape index (κ1) is 29.8. The summed E-state index contributed by atoms with van der Waals surface area (Å²) in [4.78, 5) is 40.2. The van der Waals surface area contributed by atoms with E-state index in [9.17, 15) is 27.9 Å². The van der Waals surface area contributed by atoms with Gasteiger partial charge in [0, 0.05) is 30.8 Å². The lowest BCUT2D eigenvalue weighted by Gasteiger charge is -2.20. The van der Waals surface area contributed by atoms with Crippen molar-refractivity contribution in [2.75, 3.05) is 23.7 Å². The summed E-state index contributed by atoms with van der Waals surface area (Å²) in [5, 5.41) is 24.6. The van der Waals surface area contributed by atoms with Gasteiger partial charge >= 0.3 is 17.8 Å². The van der Waals surface area contributed by atoms with Crippen LogP contribution >= 0.6 is 0 Å². The molecule has 13 heteroatoms. The Hall–Kier alpha value is -4.42. The second-order valence-corrected chi connectivity index (χ2v) is 8.26. The number of pyridine rings is 1. The topological polar surface area (TPSA) is 151 Å². The van der Waals surface area contributed by atoms with Crippen molar-refractivity contribution in [3.05, 3.63) is 82.0 Å². The van der Waals surface area contributed by atoms with E-state index in [1.807, 2.05) is 62.5 Å². The number of hydrogen-bond acceptors (Lipinski definition) is 7. The zero-order valence-corrected chi connectivity index (χ0v) is 20.7. The summed E-state index contributed by atoms with van der Waals surface area (Å²) >= 11 is 0. The molecule has 1 unspecified atom stereocenters. The second-order valence-electron chi connectivity index (χ2n) is 8.26. The summed E-state index contributed by atoms with van der Waals surface area (Å²) in [6.45, 7) is 5.22. The van der Waals surface area contributed by atoms with Crippen LogP contribution in [0.15, 0.2) is 59.7 Å². The molecule has 0 bridgehead atoms. The minimum absolute atomic E-state index is 0.195. The maximum atomic E-state index is 12.7. The number of aromatic amines is 1. The minimum atomic E-state index is -5.19. The van der Waals surface area contributed by atoms with Crippen LogP contribution in [0.4, 0.5) is 24.8 Å². The average Bonchev–Trinajstić information content (AvgIpc) is 2.85. The normalized spacial score (nSPS) is 11.6. The number of carbonyl (C=O) groups is 2. The molecule has 0 amide bonds. The fraction of sp³-hybridized carbons (Fsp3) is 0.320. The Morgan fingerprint density at radius 3 is 2.29 bits per heavy atom. The molecule has 3 aromatic rings. The van der Waals surface area contributed by atoms with Crippen LogP contribution in [0, 0.1) is 13.8 Å². The lowest BCUT2D eigenvalue weighted by atomic mass is 10.0. The molecule has 0 aliphatic heterocycles. The van der Waals surface area contributed by atoms with Crippen molar-refractivity contribution in [3.63, 3.8) is 0 Å². The Labute approximate surface area is 216 Å². The van der Waals surface area contributed by atoms with E-state index in [2.05, 4.69) is 20.6 Å². The molecule has 0 aliphatic carbocycles. The van der Waals surface area contributed by atoms with Gasteiger partial charge in [-0.05, 0) is 25.5 Å². The molecule has 0 radical (unpaired) electrons. The van der Waals surface area contributed by atoms with Crippen molar-refractivity contribution < 1.29 is 38.0 Å². The summed E-state index contributed by atoms with van der Waals surface area (Å²) in [5.41, 5.74) is 2.14. The predicted molar refractivity (Wildman–Crippen MR) is 130 cm³/mol. The molecule has 0 saturated carbocycles. The number of alkyl halides is 3. The van der Waals surface area contributed by atoms with Gasteiger partial charge in [0.05, 0.1) is 25.2 Å². The summed E-state index contributed by atoms with van der Waals surface area (Å²) in [7, 11) is 0. The first-order valence-corrected chi connectivity index (χ1v) is 11.5. The van der Waals surface area contributed by atoms with Gasteiger partial charge in [0.1, 0.15) is 11.8 Å². The number of carboxylic acid groups (broad SMARTS) is 2. The summed E-state index contributed by atoms with van der Waals surface area (Å²) in [6.07, 6.45) is -1.02. The van der Waals surface area contributed by atoms with Crippen LogP contribution in [-0.2, 0) is 9.59 Å². The van der Waals surface area contributed by atoms with Gasteiger partial charge in [0.2, 0.25) is 0 Å². The number of nitrogens with one attached hydrogen (secondary N) is 3. The zero-order valence-electron chi connectivity index (χ0n) is 20.7. The molecule has 1 aromatic carbocycles. The molecular formula is C25H28F3N5O5. The van der Waals surface area contributed by atoms with Crippen LogP contribution in [-0.4, -0.2) is 45.9 Å². The van der Waals surface area contributed by atoms with E-state index in [1.54, 1.807) is 6.20 Å². The highest BCUT2D eigenvalue weighted by atomic mass is 19.4. The molecule has 0 spiro atoms. The van der Waals surface area contributed by atoms with Gasteiger partial charge in [-0.3, -0.25) is 14.7 Å². The zero-order chi connectivity index (χ0) is 28.3. The Kier molecular flexibility index (Phi) is 10.8. The number of carbonyl (C=O) groups excluding carboxylic acids is 1. The van der Waals surface area contributed by atoms with E-state index in [4.69, 9.17) is 9.90 Å². The minimum Gasteiger partial charge on any atom is -0.542 e. The number of aryl methyl sites for hydroxylation is 2. The number of aliphatic carboxylic acids is 2. The number of aromatic nitrogens is 3. The highest BCUT2D eigenvalue weighted by molar-refractivity contribution is 5.70. The van der Waals surface area contributed by atoms with Gasteiger partial charge in [-0.25, -0.2) is 9.78 Å². The van der Waals surface area contributed by atoms with E-state index in [0.717, 1.165) is 35.5 Å². The van der Waals surface area contributed by atoms with Gasteiger partial charge in [-0.1, -0.05) is 35.9 Å². The van der Waals surface area contributed by atoms with Crippen molar-refractivity contribution >= 4 is 23.6 Å². The van der Waals surface area contributed by atoms with E-state index < -0.39 is 29.8 Å². The third-order valence-electron chi connectivity index (χ3n) is 5.20. The number of nitrogens with zero attached hydrogens (tertiary/aromatic N) is 2. The number of hydrogen-bond donors (Lipinski definition) is 3. The molecule has 1 atom stereocenters. The van der Waals surface area contributed by atoms with Crippen molar-refractivity contribution in [2.45, 2.75) is 38.9 Å². The number of halogens is 3. The van der Waals surface area contributed by atoms with Crippen LogP contribution in [0.1, 0.15) is 35.6 Å². The predicted octanol–water partition coefficient (Wildman–Crippen LogP) is 1.95.